The molecule has 4 rings (SSSR count). The fourth-order valence-electron chi connectivity index (χ4n) is 3.77. The maximum atomic E-state index is 13.2. The number of hydrogen-bond acceptors (Lipinski definition) is 4. The van der Waals surface area contributed by atoms with Crippen molar-refractivity contribution in [1.82, 2.24) is 29.6 Å². The lowest BCUT2D eigenvalue weighted by Gasteiger charge is -2.37. The molecule has 2 aromatic heterocycles. The molecule has 1 aromatic carbocycles. The summed E-state index contributed by atoms with van der Waals surface area (Å²) in [5.41, 5.74) is 2.28. The molecule has 0 bridgehead atoms. The topological polar surface area (TPSA) is 79.7 Å². The highest BCUT2D eigenvalue weighted by molar-refractivity contribution is 5.93. The number of H-pyrrole nitrogens is 1. The predicted octanol–water partition coefficient (Wildman–Crippen LogP) is 3.14. The lowest BCUT2D eigenvalue weighted by atomic mass is 9.99. The zero-order chi connectivity index (χ0) is 19.1. The highest BCUT2D eigenvalue weighted by atomic mass is 16.2. The third kappa shape index (κ3) is 3.03. The van der Waals surface area contributed by atoms with Crippen LogP contribution in [-0.2, 0) is 6.54 Å². The Morgan fingerprint density at radius 1 is 1.15 bits per heavy atom. The fraction of sp³-hybridized carbons (Fsp3) is 0.400. The number of rotatable bonds is 3. The van der Waals surface area contributed by atoms with Crippen LogP contribution >= 0.6 is 0 Å². The highest BCUT2D eigenvalue weighted by Crippen LogP contribution is 2.33. The number of imidazole rings is 1. The van der Waals surface area contributed by atoms with Gasteiger partial charge in [-0.05, 0) is 19.8 Å². The fourth-order valence-corrected chi connectivity index (χ4v) is 3.77. The van der Waals surface area contributed by atoms with Gasteiger partial charge in [-0.3, -0.25) is 4.79 Å². The van der Waals surface area contributed by atoms with Crippen molar-refractivity contribution in [3.05, 3.63) is 53.4 Å². The Morgan fingerprint density at radius 2 is 1.89 bits per heavy atom. The summed E-state index contributed by atoms with van der Waals surface area (Å²) < 4.78 is 1.94. The number of nitrogens with zero attached hydrogens (tertiary/aromatic N) is 5. The smallest absolute Gasteiger partial charge is 0.275 e. The second-order valence-electron chi connectivity index (χ2n) is 7.37. The summed E-state index contributed by atoms with van der Waals surface area (Å²) in [6.07, 6.45) is 0. The van der Waals surface area contributed by atoms with Crippen molar-refractivity contribution in [3.63, 3.8) is 0 Å². The molecule has 1 atom stereocenters. The van der Waals surface area contributed by atoms with Gasteiger partial charge in [-0.15, -0.1) is 0 Å². The molecule has 0 aliphatic carbocycles. The van der Waals surface area contributed by atoms with Crippen LogP contribution in [0, 0.1) is 19.8 Å². The molecule has 3 heterocycles. The van der Waals surface area contributed by atoms with E-state index in [9.17, 15) is 4.79 Å². The van der Waals surface area contributed by atoms with Crippen molar-refractivity contribution in [2.24, 2.45) is 5.92 Å². The first kappa shape index (κ1) is 17.5. The SMILES string of the molecule is Cc1nc(C(=O)N2CCn3nc(-c4ccccc4)nc3[C@@H]2C(C)C)c(C)[nH]1. The number of nitrogens with one attached hydrogen (secondary N) is 1. The standard InChI is InChI=1S/C20H24N6O/c1-12(2)17-19-23-18(15-8-6-5-7-9-15)24-26(19)11-10-25(17)20(27)16-13(3)21-14(4)22-16/h5-9,12,17H,10-11H2,1-4H3,(H,21,22)/t17-/m0/s1. The van der Waals surface area contributed by atoms with Crippen LogP contribution < -0.4 is 0 Å². The number of carbonyl (C=O) groups is 1. The molecule has 1 aliphatic rings. The largest absolute Gasteiger partial charge is 0.346 e. The summed E-state index contributed by atoms with van der Waals surface area (Å²) >= 11 is 0. The number of aromatic amines is 1. The van der Waals surface area contributed by atoms with Crippen molar-refractivity contribution in [2.45, 2.75) is 40.3 Å². The summed E-state index contributed by atoms with van der Waals surface area (Å²) in [6, 6.07) is 9.81. The van der Waals surface area contributed by atoms with Crippen LogP contribution in [0.2, 0.25) is 0 Å². The van der Waals surface area contributed by atoms with E-state index in [1.807, 2.05) is 53.8 Å². The first-order chi connectivity index (χ1) is 13.0. The molecule has 0 saturated carbocycles. The molecule has 0 fully saturated rings. The molecule has 7 heteroatoms. The second-order valence-corrected chi connectivity index (χ2v) is 7.37. The third-order valence-electron chi connectivity index (χ3n) is 4.98. The molecule has 1 amide bonds. The van der Waals surface area contributed by atoms with E-state index in [2.05, 4.69) is 28.9 Å². The molecule has 7 nitrogen and oxygen atoms in total. The average Bonchev–Trinajstić information content (AvgIpc) is 3.23. The zero-order valence-corrected chi connectivity index (χ0v) is 16.1. The first-order valence-corrected chi connectivity index (χ1v) is 9.30. The van der Waals surface area contributed by atoms with E-state index in [4.69, 9.17) is 4.98 Å². The number of hydrogen-bond donors (Lipinski definition) is 1. The van der Waals surface area contributed by atoms with Gasteiger partial charge in [0, 0.05) is 17.8 Å². The van der Waals surface area contributed by atoms with Crippen LogP contribution in [0.25, 0.3) is 11.4 Å². The maximum Gasteiger partial charge on any atom is 0.275 e. The predicted molar refractivity (Wildman–Crippen MR) is 102 cm³/mol. The molecule has 27 heavy (non-hydrogen) atoms. The van der Waals surface area contributed by atoms with Crippen molar-refractivity contribution in [3.8, 4) is 11.4 Å². The van der Waals surface area contributed by atoms with Gasteiger partial charge in [-0.25, -0.2) is 14.6 Å². The Kier molecular flexibility index (Phi) is 4.30. The molecule has 0 radical (unpaired) electrons. The molecular weight excluding hydrogens is 340 g/mol. The lowest BCUT2D eigenvalue weighted by molar-refractivity contribution is 0.0530. The van der Waals surface area contributed by atoms with Crippen LogP contribution in [0.15, 0.2) is 30.3 Å². The molecule has 0 spiro atoms. The third-order valence-corrected chi connectivity index (χ3v) is 4.98. The summed E-state index contributed by atoms with van der Waals surface area (Å²) in [4.78, 5) is 27.4. The van der Waals surface area contributed by atoms with Crippen molar-refractivity contribution in [2.75, 3.05) is 6.54 Å². The van der Waals surface area contributed by atoms with Gasteiger partial charge >= 0.3 is 0 Å². The average molecular weight is 364 g/mol. The Balaban J connectivity index is 1.72. The monoisotopic (exact) mass is 364 g/mol. The Labute approximate surface area is 158 Å². The highest BCUT2D eigenvalue weighted by Gasteiger charge is 2.37. The minimum absolute atomic E-state index is 0.0499. The van der Waals surface area contributed by atoms with E-state index >= 15 is 0 Å². The van der Waals surface area contributed by atoms with Gasteiger partial charge < -0.3 is 9.88 Å². The number of aromatic nitrogens is 5. The Hall–Kier alpha value is -2.96. The summed E-state index contributed by atoms with van der Waals surface area (Å²) in [5.74, 6) is 2.46. The van der Waals surface area contributed by atoms with Gasteiger partial charge in [-0.2, -0.15) is 5.10 Å². The van der Waals surface area contributed by atoms with Gasteiger partial charge in [0.15, 0.2) is 11.6 Å². The van der Waals surface area contributed by atoms with Crippen LogP contribution in [-0.4, -0.2) is 42.1 Å². The number of aryl methyl sites for hydroxylation is 2. The lowest BCUT2D eigenvalue weighted by Crippen LogP contribution is -2.45. The van der Waals surface area contributed by atoms with E-state index in [-0.39, 0.29) is 17.9 Å². The van der Waals surface area contributed by atoms with Gasteiger partial charge in [0.25, 0.3) is 5.91 Å². The maximum absolute atomic E-state index is 13.2. The molecule has 3 aromatic rings. The minimum Gasteiger partial charge on any atom is -0.346 e. The van der Waals surface area contributed by atoms with E-state index in [0.29, 0.717) is 24.6 Å². The van der Waals surface area contributed by atoms with Crippen molar-refractivity contribution >= 4 is 5.91 Å². The van der Waals surface area contributed by atoms with E-state index in [1.165, 1.54) is 0 Å². The van der Waals surface area contributed by atoms with Crippen molar-refractivity contribution in [1.29, 1.82) is 0 Å². The second kappa shape index (κ2) is 6.64. The normalized spacial score (nSPS) is 16.6. The van der Waals surface area contributed by atoms with Gasteiger partial charge in [0.05, 0.1) is 12.6 Å². The molecule has 0 saturated heterocycles. The molecular formula is C20H24N6O. The first-order valence-electron chi connectivity index (χ1n) is 9.30. The van der Waals surface area contributed by atoms with Crippen LogP contribution in [0.4, 0.5) is 0 Å². The molecule has 0 unspecified atom stereocenters. The number of amides is 1. The Bertz CT molecular complexity index is 972. The van der Waals surface area contributed by atoms with Crippen LogP contribution in [0.3, 0.4) is 0 Å². The molecule has 1 N–H and O–H groups in total. The van der Waals surface area contributed by atoms with E-state index < -0.39 is 0 Å². The summed E-state index contributed by atoms with van der Waals surface area (Å²) in [5, 5.41) is 4.69. The van der Waals surface area contributed by atoms with Gasteiger partial charge in [0.1, 0.15) is 11.5 Å². The van der Waals surface area contributed by atoms with Gasteiger partial charge in [0.2, 0.25) is 0 Å². The Morgan fingerprint density at radius 3 is 2.52 bits per heavy atom. The van der Waals surface area contributed by atoms with Crippen LogP contribution in [0.5, 0.6) is 0 Å². The van der Waals surface area contributed by atoms with E-state index in [1.54, 1.807) is 0 Å². The quantitative estimate of drug-likeness (QED) is 0.774. The zero-order valence-electron chi connectivity index (χ0n) is 16.1. The number of fused-ring (bicyclic) bond motifs is 1. The van der Waals surface area contributed by atoms with E-state index in [0.717, 1.165) is 22.9 Å². The van der Waals surface area contributed by atoms with Crippen LogP contribution in [0.1, 0.15) is 47.7 Å². The van der Waals surface area contributed by atoms with Crippen molar-refractivity contribution < 1.29 is 4.79 Å². The molecule has 140 valence electrons. The van der Waals surface area contributed by atoms with Gasteiger partial charge in [-0.1, -0.05) is 44.2 Å². The number of carbonyl (C=O) groups excluding carboxylic acids is 1. The summed E-state index contributed by atoms with van der Waals surface area (Å²) in [7, 11) is 0. The molecule has 1 aliphatic heterocycles. The minimum atomic E-state index is -0.132. The number of benzene rings is 1. The summed E-state index contributed by atoms with van der Waals surface area (Å²) in [6.45, 7) is 9.20.